The van der Waals surface area contributed by atoms with Gasteiger partial charge in [-0.3, -0.25) is 0 Å². The van der Waals surface area contributed by atoms with E-state index >= 15 is 0 Å². The first-order valence-electron chi connectivity index (χ1n) is 6.13. The molecule has 0 atom stereocenters. The van der Waals surface area contributed by atoms with E-state index < -0.39 is 17.9 Å². The van der Waals surface area contributed by atoms with Gasteiger partial charge in [0.25, 0.3) is 0 Å². The van der Waals surface area contributed by atoms with Crippen LogP contribution in [0, 0.1) is 0 Å². The summed E-state index contributed by atoms with van der Waals surface area (Å²) in [5.74, 6) is -2.88. The molecule has 0 amide bonds. The van der Waals surface area contributed by atoms with Gasteiger partial charge in [0.05, 0.1) is 0 Å². The molecule has 20 heavy (non-hydrogen) atoms. The molecule has 0 heterocycles. The molecule has 0 aromatic heterocycles. The summed E-state index contributed by atoms with van der Waals surface area (Å²) in [5.41, 5.74) is 0. The van der Waals surface area contributed by atoms with Gasteiger partial charge in [-0.25, -0.2) is 0 Å². The Hall–Kier alpha value is -0.916. The number of hydrogen-bond acceptors (Lipinski definition) is 7. The van der Waals surface area contributed by atoms with E-state index in [9.17, 15) is 29.7 Å². The van der Waals surface area contributed by atoms with E-state index in [-0.39, 0.29) is 19.3 Å². The number of carboxylic acid groups (broad SMARTS) is 3. The zero-order valence-electron chi connectivity index (χ0n) is 12.1. The number of aliphatic carboxylic acids is 3. The summed E-state index contributed by atoms with van der Waals surface area (Å²) in [5, 5.41) is 28.5. The number of rotatable bonds is 6. The standard InChI is InChI=1S/3C4H8O2.H2O.Ti/c3*1-2-3-4(5)6;;/h3*2-3H2,1H3,(H,5,6);1H2;/q;;;;+4/p-4. The van der Waals surface area contributed by atoms with Crippen molar-refractivity contribution < 1.29 is 54.2 Å². The van der Waals surface area contributed by atoms with Crippen molar-refractivity contribution in [3.05, 3.63) is 0 Å². The van der Waals surface area contributed by atoms with Gasteiger partial charge in [-0.15, -0.1) is 0 Å². The molecule has 0 unspecified atom stereocenters. The first-order chi connectivity index (χ1) is 9.31. The van der Waals surface area contributed by atoms with Crippen LogP contribution in [-0.2, 0) is 35.2 Å². The molecule has 0 saturated carbocycles. The van der Waals surface area contributed by atoms with Crippen LogP contribution in [0.5, 0.6) is 0 Å². The summed E-state index contributed by atoms with van der Waals surface area (Å²) in [4.78, 5) is 28.5. The predicted molar refractivity (Wildman–Crippen MR) is 62.0 cm³/mol. The molecule has 0 aliphatic heterocycles. The molecule has 0 spiro atoms. The molecule has 0 saturated heterocycles. The fraction of sp³-hybridized carbons (Fsp3) is 0.750. The van der Waals surface area contributed by atoms with Crippen molar-refractivity contribution in [2.75, 3.05) is 0 Å². The van der Waals surface area contributed by atoms with Crippen molar-refractivity contribution in [3.8, 4) is 0 Å². The molecule has 8 heteroatoms. The Morgan fingerprint density at radius 2 is 0.850 bits per heavy atom. The van der Waals surface area contributed by atoms with Crippen molar-refractivity contribution in [3.63, 3.8) is 0 Å². The molecule has 116 valence electrons. The van der Waals surface area contributed by atoms with Gasteiger partial charge in [0.2, 0.25) is 0 Å². The third-order valence-corrected chi connectivity index (χ3v) is 1.36. The molecule has 7 nitrogen and oxygen atoms in total. The minimum atomic E-state index is -0.961. The monoisotopic (exact) mass is 326 g/mol. The van der Waals surface area contributed by atoms with E-state index in [0.717, 1.165) is 20.8 Å². The zero-order valence-corrected chi connectivity index (χ0v) is 13.7. The van der Waals surface area contributed by atoms with Crippen molar-refractivity contribution >= 4 is 17.9 Å². The Bertz CT molecular complexity index is 194. The van der Waals surface area contributed by atoms with Crippen molar-refractivity contribution in [2.45, 2.75) is 59.3 Å². The predicted octanol–water partition coefficient (Wildman–Crippen LogP) is -1.95. The van der Waals surface area contributed by atoms with Crippen LogP contribution in [0.25, 0.3) is 0 Å². The Balaban J connectivity index is -0.0000000902. The number of carbonyl (C=O) groups is 3. The van der Waals surface area contributed by atoms with E-state index in [0.29, 0.717) is 19.3 Å². The van der Waals surface area contributed by atoms with Crippen LogP contribution >= 0.6 is 0 Å². The Morgan fingerprint density at radius 3 is 0.850 bits per heavy atom. The van der Waals surface area contributed by atoms with Gasteiger partial charge in [0.15, 0.2) is 0 Å². The summed E-state index contributed by atoms with van der Waals surface area (Å²) in [6, 6.07) is 0. The summed E-state index contributed by atoms with van der Waals surface area (Å²) in [7, 11) is 0. The van der Waals surface area contributed by atoms with Gasteiger partial charge in [0.1, 0.15) is 0 Å². The topological polar surface area (TPSA) is 141 Å². The maximum absolute atomic E-state index is 9.49. The average Bonchev–Trinajstić information content (AvgIpc) is 2.32. The quantitative estimate of drug-likeness (QED) is 0.559. The molecule has 0 radical (unpaired) electrons. The molecule has 0 aromatic rings. The molecule has 1 N–H and O–H groups in total. The molecule has 0 fully saturated rings. The minimum absolute atomic E-state index is 0.181. The fourth-order valence-electron chi connectivity index (χ4n) is 0.612. The van der Waals surface area contributed by atoms with E-state index in [1.54, 1.807) is 20.8 Å². The van der Waals surface area contributed by atoms with E-state index in [1.807, 2.05) is 0 Å². The second kappa shape index (κ2) is 26.6. The SMILES string of the molecule is CCCC(=O)[O-].CCCC(=O)[O-].CCCC(=O)[O-].[OH][Ti+3]. The summed E-state index contributed by atoms with van der Waals surface area (Å²) < 4.78 is 7.00. The summed E-state index contributed by atoms with van der Waals surface area (Å²) in [6.45, 7) is 5.40. The Morgan fingerprint density at radius 1 is 0.700 bits per heavy atom. The zero-order chi connectivity index (χ0) is 17.0. The Kier molecular flexibility index (Phi) is 36.5. The van der Waals surface area contributed by atoms with E-state index in [1.165, 1.54) is 0 Å². The molecule has 0 bridgehead atoms. The average molecular weight is 326 g/mol. The summed E-state index contributed by atoms with van der Waals surface area (Å²) >= 11 is 1.00. The van der Waals surface area contributed by atoms with Gasteiger partial charge in [0, 0.05) is 17.9 Å². The molecule has 0 aliphatic carbocycles. The maximum atomic E-state index is 9.49. The van der Waals surface area contributed by atoms with Gasteiger partial charge in [-0.05, 0) is 19.3 Å². The van der Waals surface area contributed by atoms with Gasteiger partial charge < -0.3 is 29.7 Å². The molecular formula is C12H22O7Ti. The van der Waals surface area contributed by atoms with Gasteiger partial charge in [-0.1, -0.05) is 40.0 Å². The first kappa shape index (κ1) is 27.4. The Labute approximate surface area is 131 Å². The van der Waals surface area contributed by atoms with Crippen LogP contribution in [0.3, 0.4) is 0 Å². The van der Waals surface area contributed by atoms with Gasteiger partial charge in [-0.2, -0.15) is 0 Å². The molecule has 0 aliphatic rings. The molecule has 0 rings (SSSR count). The van der Waals surface area contributed by atoms with Crippen molar-refractivity contribution in [1.82, 2.24) is 0 Å². The normalized spacial score (nSPS) is 7.70. The van der Waals surface area contributed by atoms with Crippen LogP contribution in [0.4, 0.5) is 0 Å². The van der Waals surface area contributed by atoms with Crippen LogP contribution < -0.4 is 15.3 Å². The number of carbonyl (C=O) groups excluding carboxylic acids is 3. The third kappa shape index (κ3) is 67.6. The van der Waals surface area contributed by atoms with E-state index in [4.69, 9.17) is 3.69 Å². The van der Waals surface area contributed by atoms with Crippen LogP contribution in [0.1, 0.15) is 59.3 Å². The van der Waals surface area contributed by atoms with Crippen LogP contribution in [0.15, 0.2) is 0 Å². The number of carboxylic acids is 3. The second-order valence-electron chi connectivity index (χ2n) is 3.37. The molecule has 0 aromatic carbocycles. The van der Waals surface area contributed by atoms with Crippen molar-refractivity contribution in [2.24, 2.45) is 0 Å². The van der Waals surface area contributed by atoms with Crippen LogP contribution in [-0.4, -0.2) is 21.6 Å². The van der Waals surface area contributed by atoms with Gasteiger partial charge >= 0.3 is 24.5 Å². The van der Waals surface area contributed by atoms with E-state index in [2.05, 4.69) is 0 Å². The second-order valence-corrected chi connectivity index (χ2v) is 3.37. The number of hydrogen-bond donors (Lipinski definition) is 1. The van der Waals surface area contributed by atoms with Crippen molar-refractivity contribution in [1.29, 1.82) is 0 Å². The van der Waals surface area contributed by atoms with Crippen LogP contribution in [0.2, 0.25) is 0 Å². The summed E-state index contributed by atoms with van der Waals surface area (Å²) in [6.07, 6.45) is 2.55. The molecular weight excluding hydrogens is 304 g/mol. The first-order valence-corrected chi connectivity index (χ1v) is 6.83. The fourth-order valence-corrected chi connectivity index (χ4v) is 0.612. The third-order valence-electron chi connectivity index (χ3n) is 1.36.